The maximum Gasteiger partial charge on any atom is 0.139 e. The van der Waals surface area contributed by atoms with E-state index in [0.717, 1.165) is 21.1 Å². The zero-order valence-electron chi connectivity index (χ0n) is 11.1. The summed E-state index contributed by atoms with van der Waals surface area (Å²) in [4.78, 5) is 0. The third-order valence-corrected chi connectivity index (χ3v) is 4.63. The Balaban J connectivity index is 1.77. The summed E-state index contributed by atoms with van der Waals surface area (Å²) in [6, 6.07) is 17.0. The van der Waals surface area contributed by atoms with E-state index in [0.29, 0.717) is 6.42 Å². The Kier molecular flexibility index (Phi) is 4.18. The second-order valence-electron chi connectivity index (χ2n) is 4.65. The molecule has 3 aromatic rings. The Labute approximate surface area is 131 Å². The largest absolute Gasteiger partial charge is 0.508 e. The molecule has 5 heteroatoms. The summed E-state index contributed by atoms with van der Waals surface area (Å²) in [5.74, 6) is 0.261. The summed E-state index contributed by atoms with van der Waals surface area (Å²) < 4.78 is 0. The predicted octanol–water partition coefficient (Wildman–Crippen LogP) is 4.16. The molecular weight excluding hydrogens is 304 g/mol. The highest BCUT2D eigenvalue weighted by atomic mass is 35.5. The number of aromatic nitrogens is 2. The van der Waals surface area contributed by atoms with E-state index in [1.165, 1.54) is 11.3 Å². The van der Waals surface area contributed by atoms with Crippen LogP contribution in [0.15, 0.2) is 54.6 Å². The predicted molar refractivity (Wildman–Crippen MR) is 85.0 cm³/mol. The lowest BCUT2D eigenvalue weighted by molar-refractivity contribution is 0.474. The van der Waals surface area contributed by atoms with Crippen molar-refractivity contribution >= 4 is 22.9 Å². The normalized spacial score (nSPS) is 12.2. The molecule has 3 nitrogen and oxygen atoms in total. The highest BCUT2D eigenvalue weighted by Gasteiger charge is 2.16. The molecule has 0 aliphatic rings. The summed E-state index contributed by atoms with van der Waals surface area (Å²) >= 11 is 7.94. The topological polar surface area (TPSA) is 46.0 Å². The molecule has 0 fully saturated rings. The van der Waals surface area contributed by atoms with Crippen LogP contribution in [0.3, 0.4) is 0 Å². The van der Waals surface area contributed by atoms with Crippen molar-refractivity contribution in [1.29, 1.82) is 0 Å². The van der Waals surface area contributed by atoms with Gasteiger partial charge in [0.05, 0.1) is 0 Å². The summed E-state index contributed by atoms with van der Waals surface area (Å²) in [5, 5.41) is 19.3. The Morgan fingerprint density at radius 2 is 1.86 bits per heavy atom. The number of phenols is 1. The van der Waals surface area contributed by atoms with E-state index >= 15 is 0 Å². The minimum atomic E-state index is -0.276. The molecule has 0 aliphatic heterocycles. The lowest BCUT2D eigenvalue weighted by Crippen LogP contribution is -1.91. The van der Waals surface area contributed by atoms with Crippen molar-refractivity contribution in [2.45, 2.75) is 11.8 Å². The number of hydrogen-bond acceptors (Lipinski definition) is 4. The van der Waals surface area contributed by atoms with Gasteiger partial charge >= 0.3 is 0 Å². The molecule has 21 heavy (non-hydrogen) atoms. The first kappa shape index (κ1) is 14.0. The van der Waals surface area contributed by atoms with Crippen LogP contribution >= 0.6 is 22.9 Å². The molecule has 0 saturated carbocycles. The summed E-state index contributed by atoms with van der Waals surface area (Å²) in [7, 11) is 0. The molecule has 0 spiro atoms. The van der Waals surface area contributed by atoms with Crippen LogP contribution in [0, 0.1) is 0 Å². The lowest BCUT2D eigenvalue weighted by Gasteiger charge is -2.04. The summed E-state index contributed by atoms with van der Waals surface area (Å²) in [6.07, 6.45) is 0.643. The van der Waals surface area contributed by atoms with Crippen molar-refractivity contribution in [3.8, 4) is 5.75 Å². The highest BCUT2D eigenvalue weighted by Crippen LogP contribution is 2.31. The van der Waals surface area contributed by atoms with Crippen LogP contribution in [-0.4, -0.2) is 15.3 Å². The van der Waals surface area contributed by atoms with Crippen LogP contribution in [-0.2, 0) is 6.42 Å². The van der Waals surface area contributed by atoms with Gasteiger partial charge in [-0.2, -0.15) is 0 Å². The van der Waals surface area contributed by atoms with Crippen LogP contribution in [0.25, 0.3) is 0 Å². The fraction of sp³-hybridized carbons (Fsp3) is 0.125. The van der Waals surface area contributed by atoms with Gasteiger partial charge in [0, 0.05) is 6.42 Å². The summed E-state index contributed by atoms with van der Waals surface area (Å²) in [6.45, 7) is 0. The van der Waals surface area contributed by atoms with Crippen LogP contribution < -0.4 is 0 Å². The Bertz CT molecular complexity index is 730. The molecule has 106 valence electrons. The highest BCUT2D eigenvalue weighted by molar-refractivity contribution is 7.11. The maximum atomic E-state index is 9.48. The fourth-order valence-corrected chi connectivity index (χ4v) is 3.25. The number of aromatic hydroxyl groups is 1. The molecule has 1 unspecified atom stereocenters. The van der Waals surface area contributed by atoms with Crippen LogP contribution in [0.4, 0.5) is 0 Å². The van der Waals surface area contributed by atoms with Gasteiger partial charge in [-0.3, -0.25) is 0 Å². The van der Waals surface area contributed by atoms with E-state index in [4.69, 9.17) is 11.6 Å². The fourth-order valence-electron chi connectivity index (χ4n) is 2.05. The number of alkyl halides is 1. The molecule has 1 aromatic heterocycles. The molecule has 0 radical (unpaired) electrons. The van der Waals surface area contributed by atoms with Crippen LogP contribution in [0.2, 0.25) is 0 Å². The van der Waals surface area contributed by atoms with Gasteiger partial charge in [0.15, 0.2) is 0 Å². The number of rotatable bonds is 4. The number of phenolic OH excluding ortho intramolecular Hbond substituents is 1. The standard InChI is InChI=1S/C16H13ClN2OS/c17-15(12-6-2-1-3-7-12)16-19-18-14(21-16)10-11-5-4-8-13(20)9-11/h1-9,15,20H,10H2. The molecule has 0 bridgehead atoms. The van der Waals surface area contributed by atoms with Gasteiger partial charge in [-0.15, -0.1) is 21.8 Å². The van der Waals surface area contributed by atoms with Gasteiger partial charge < -0.3 is 5.11 Å². The van der Waals surface area contributed by atoms with Crippen molar-refractivity contribution in [3.05, 3.63) is 75.7 Å². The number of nitrogens with zero attached hydrogens (tertiary/aromatic N) is 2. The monoisotopic (exact) mass is 316 g/mol. The first-order valence-corrected chi connectivity index (χ1v) is 7.77. The smallest absolute Gasteiger partial charge is 0.139 e. The lowest BCUT2D eigenvalue weighted by atomic mass is 10.1. The van der Waals surface area contributed by atoms with Gasteiger partial charge in [0.1, 0.15) is 21.1 Å². The molecule has 1 atom stereocenters. The first-order valence-electron chi connectivity index (χ1n) is 6.51. The van der Waals surface area contributed by atoms with E-state index < -0.39 is 0 Å². The van der Waals surface area contributed by atoms with E-state index in [2.05, 4.69) is 10.2 Å². The van der Waals surface area contributed by atoms with Crippen molar-refractivity contribution in [1.82, 2.24) is 10.2 Å². The van der Waals surface area contributed by atoms with E-state index in [1.54, 1.807) is 12.1 Å². The SMILES string of the molecule is Oc1cccc(Cc2nnc(C(Cl)c3ccccc3)s2)c1. The second kappa shape index (κ2) is 6.24. The molecule has 1 heterocycles. The van der Waals surface area contributed by atoms with Crippen molar-refractivity contribution < 1.29 is 5.11 Å². The number of halogens is 1. The van der Waals surface area contributed by atoms with E-state index in [1.807, 2.05) is 42.5 Å². The molecule has 2 aromatic carbocycles. The first-order chi connectivity index (χ1) is 10.2. The van der Waals surface area contributed by atoms with Gasteiger partial charge in [0.25, 0.3) is 0 Å². The molecule has 3 rings (SSSR count). The Morgan fingerprint density at radius 3 is 2.62 bits per heavy atom. The molecule has 0 amide bonds. The molecule has 0 saturated heterocycles. The van der Waals surface area contributed by atoms with Crippen LogP contribution in [0.1, 0.15) is 26.5 Å². The minimum Gasteiger partial charge on any atom is -0.508 e. The van der Waals surface area contributed by atoms with Crippen LogP contribution in [0.5, 0.6) is 5.75 Å². The second-order valence-corrected chi connectivity index (χ2v) is 6.18. The molecule has 0 aliphatic carbocycles. The third kappa shape index (κ3) is 3.40. The van der Waals surface area contributed by atoms with E-state index in [9.17, 15) is 5.11 Å². The minimum absolute atomic E-state index is 0.261. The Hall–Kier alpha value is -1.91. The third-order valence-electron chi connectivity index (χ3n) is 3.06. The Morgan fingerprint density at radius 1 is 1.05 bits per heavy atom. The zero-order chi connectivity index (χ0) is 14.7. The summed E-state index contributed by atoms with van der Waals surface area (Å²) in [5.41, 5.74) is 2.02. The molecule has 1 N–H and O–H groups in total. The van der Waals surface area contributed by atoms with Gasteiger partial charge in [-0.25, -0.2) is 0 Å². The molecular formula is C16H13ClN2OS. The zero-order valence-corrected chi connectivity index (χ0v) is 12.7. The van der Waals surface area contributed by atoms with Crippen molar-refractivity contribution in [3.63, 3.8) is 0 Å². The van der Waals surface area contributed by atoms with Gasteiger partial charge in [0.2, 0.25) is 0 Å². The average molecular weight is 317 g/mol. The van der Waals surface area contributed by atoms with Gasteiger partial charge in [-0.05, 0) is 23.3 Å². The van der Waals surface area contributed by atoms with E-state index in [-0.39, 0.29) is 11.1 Å². The van der Waals surface area contributed by atoms with Crippen molar-refractivity contribution in [2.24, 2.45) is 0 Å². The average Bonchev–Trinajstić information content (AvgIpc) is 2.96. The van der Waals surface area contributed by atoms with Crippen molar-refractivity contribution in [2.75, 3.05) is 0 Å². The van der Waals surface area contributed by atoms with Gasteiger partial charge in [-0.1, -0.05) is 53.8 Å². The number of hydrogen-bond donors (Lipinski definition) is 1. The maximum absolute atomic E-state index is 9.48. The quantitative estimate of drug-likeness (QED) is 0.735. The number of benzene rings is 2.